The smallest absolute Gasteiger partial charge is 0.209 e. The highest BCUT2D eigenvalue weighted by molar-refractivity contribution is 7.91. The Hall–Kier alpha value is -2.64. The van der Waals surface area contributed by atoms with Crippen LogP contribution in [0.5, 0.6) is 5.75 Å². The molecule has 6 nitrogen and oxygen atoms in total. The van der Waals surface area contributed by atoms with E-state index in [2.05, 4.69) is 41.3 Å². The number of ether oxygens (including phenoxy) is 1. The lowest BCUT2D eigenvalue weighted by atomic mass is 9.87. The molecular weight excluding hydrogens is 446 g/mol. The topological polar surface area (TPSA) is 64.4 Å². The summed E-state index contributed by atoms with van der Waals surface area (Å²) in [7, 11) is 0.335. The van der Waals surface area contributed by atoms with Gasteiger partial charge in [-0.05, 0) is 74.0 Å². The van der Waals surface area contributed by atoms with Crippen LogP contribution in [0.4, 0.5) is 0 Å². The first-order valence-corrected chi connectivity index (χ1v) is 13.5. The highest BCUT2D eigenvalue weighted by Gasteiger charge is 2.26. The van der Waals surface area contributed by atoms with Crippen LogP contribution in [0.3, 0.4) is 0 Å². The number of aromatic nitrogens is 2. The average Bonchev–Trinajstić information content (AvgIpc) is 3.24. The van der Waals surface area contributed by atoms with E-state index in [0.29, 0.717) is 24.1 Å². The van der Waals surface area contributed by atoms with Crippen molar-refractivity contribution in [1.29, 1.82) is 0 Å². The molecule has 0 amide bonds. The van der Waals surface area contributed by atoms with Crippen LogP contribution in [0, 0.1) is 0 Å². The fraction of sp³-hybridized carbons (Fsp3) is 0.444. The summed E-state index contributed by atoms with van der Waals surface area (Å²) in [6.07, 6.45) is 5.95. The predicted octanol–water partition coefficient (Wildman–Crippen LogP) is 5.15. The number of hydrogen-bond donors (Lipinski definition) is 0. The zero-order valence-electron chi connectivity index (χ0n) is 20.6. The molecule has 0 spiro atoms. The molecule has 3 aromatic rings. The van der Waals surface area contributed by atoms with Crippen LogP contribution in [0.2, 0.25) is 0 Å². The van der Waals surface area contributed by atoms with Gasteiger partial charge in [-0.3, -0.25) is 9.58 Å². The van der Waals surface area contributed by atoms with Gasteiger partial charge in [0.15, 0.2) is 0 Å². The van der Waals surface area contributed by atoms with Gasteiger partial charge in [0.2, 0.25) is 9.84 Å². The van der Waals surface area contributed by atoms with Crippen LogP contribution in [0.15, 0.2) is 64.5 Å². The Balaban J connectivity index is 1.33. The number of nitrogens with zero attached hydrogens (tertiary/aromatic N) is 3. The normalized spacial score (nSPS) is 16.1. The molecule has 4 rings (SSSR count). The molecular formula is C27H35N3O3S. The summed E-state index contributed by atoms with van der Waals surface area (Å²) >= 11 is 0. The highest BCUT2D eigenvalue weighted by Crippen LogP contribution is 2.33. The molecule has 0 saturated carbocycles. The number of rotatable bonds is 9. The monoisotopic (exact) mass is 481 g/mol. The molecule has 34 heavy (non-hydrogen) atoms. The van der Waals surface area contributed by atoms with E-state index in [1.54, 1.807) is 36.0 Å². The molecule has 0 saturated heterocycles. The van der Waals surface area contributed by atoms with Gasteiger partial charge < -0.3 is 4.74 Å². The summed E-state index contributed by atoms with van der Waals surface area (Å²) in [5, 5.41) is 4.17. The minimum atomic E-state index is -3.63. The fourth-order valence-corrected chi connectivity index (χ4v) is 6.56. The van der Waals surface area contributed by atoms with Crippen LogP contribution < -0.4 is 4.74 Å². The van der Waals surface area contributed by atoms with Crippen LogP contribution in [0.25, 0.3) is 0 Å². The van der Waals surface area contributed by atoms with Crippen molar-refractivity contribution in [3.8, 4) is 5.75 Å². The van der Waals surface area contributed by atoms with Gasteiger partial charge >= 0.3 is 0 Å². The molecule has 2 aromatic carbocycles. The van der Waals surface area contributed by atoms with Crippen LogP contribution in [0.1, 0.15) is 61.9 Å². The van der Waals surface area contributed by atoms with Crippen molar-refractivity contribution < 1.29 is 13.2 Å². The summed E-state index contributed by atoms with van der Waals surface area (Å²) in [6.45, 7) is 5.48. The molecule has 1 atom stereocenters. The summed E-state index contributed by atoms with van der Waals surface area (Å²) in [5.41, 5.74) is 3.65. The van der Waals surface area contributed by atoms with Gasteiger partial charge in [0.25, 0.3) is 0 Å². The van der Waals surface area contributed by atoms with Crippen molar-refractivity contribution in [2.45, 2.75) is 61.3 Å². The molecule has 7 heteroatoms. The number of sulfone groups is 1. The van der Waals surface area contributed by atoms with E-state index in [1.807, 2.05) is 13.8 Å². The molecule has 0 fully saturated rings. The summed E-state index contributed by atoms with van der Waals surface area (Å²) in [6, 6.07) is 16.0. The van der Waals surface area contributed by atoms with Crippen molar-refractivity contribution in [3.05, 3.63) is 71.5 Å². The lowest BCUT2D eigenvalue weighted by Gasteiger charge is -2.33. The molecule has 1 aliphatic carbocycles. The first-order chi connectivity index (χ1) is 16.3. The maximum Gasteiger partial charge on any atom is 0.209 e. The Labute approximate surface area is 203 Å². The molecule has 1 unspecified atom stereocenters. The number of hydrogen-bond acceptors (Lipinski definition) is 5. The number of benzene rings is 2. The summed E-state index contributed by atoms with van der Waals surface area (Å²) < 4.78 is 33.9. The fourth-order valence-electron chi connectivity index (χ4n) is 4.98. The molecule has 0 aliphatic heterocycles. The van der Waals surface area contributed by atoms with Gasteiger partial charge in [-0.1, -0.05) is 38.1 Å². The molecule has 1 heterocycles. The number of aryl methyl sites for hydroxylation is 2. The van der Waals surface area contributed by atoms with E-state index >= 15 is 0 Å². The second kappa shape index (κ2) is 10.3. The van der Waals surface area contributed by atoms with E-state index < -0.39 is 9.84 Å². The van der Waals surface area contributed by atoms with Crippen LogP contribution in [-0.4, -0.2) is 43.3 Å². The average molecular weight is 482 g/mol. The van der Waals surface area contributed by atoms with Crippen molar-refractivity contribution in [2.24, 2.45) is 7.05 Å². The summed E-state index contributed by atoms with van der Waals surface area (Å²) in [4.78, 5) is 2.95. The van der Waals surface area contributed by atoms with E-state index in [-0.39, 0.29) is 15.7 Å². The maximum absolute atomic E-state index is 13.2. The van der Waals surface area contributed by atoms with E-state index in [4.69, 9.17) is 4.74 Å². The number of fused-ring (bicyclic) bond motifs is 1. The van der Waals surface area contributed by atoms with Gasteiger partial charge in [-0.2, -0.15) is 5.10 Å². The van der Waals surface area contributed by atoms with Gasteiger partial charge in [-0.15, -0.1) is 0 Å². The lowest BCUT2D eigenvalue weighted by Crippen LogP contribution is -2.29. The quantitative estimate of drug-likeness (QED) is 0.395. The zero-order valence-corrected chi connectivity index (χ0v) is 21.4. The van der Waals surface area contributed by atoms with Gasteiger partial charge in [-0.25, -0.2) is 8.42 Å². The second-order valence-electron chi connectivity index (χ2n) is 9.44. The largest absolute Gasteiger partial charge is 0.494 e. The van der Waals surface area contributed by atoms with Crippen molar-refractivity contribution in [1.82, 2.24) is 14.7 Å². The Morgan fingerprint density at radius 2 is 1.88 bits per heavy atom. The Kier molecular flexibility index (Phi) is 7.43. The predicted molar refractivity (Wildman–Crippen MR) is 134 cm³/mol. The first-order valence-electron chi connectivity index (χ1n) is 12.1. The first kappa shape index (κ1) is 24.5. The van der Waals surface area contributed by atoms with Crippen molar-refractivity contribution >= 4 is 9.84 Å². The van der Waals surface area contributed by atoms with E-state index in [9.17, 15) is 8.42 Å². The third-order valence-corrected chi connectivity index (χ3v) is 8.50. The van der Waals surface area contributed by atoms with E-state index in [0.717, 1.165) is 13.0 Å². The van der Waals surface area contributed by atoms with Gasteiger partial charge in [0, 0.05) is 19.6 Å². The molecule has 0 radical (unpaired) electrons. The maximum atomic E-state index is 13.2. The minimum Gasteiger partial charge on any atom is -0.494 e. The second-order valence-corrected chi connectivity index (χ2v) is 11.4. The molecule has 182 valence electrons. The van der Waals surface area contributed by atoms with Gasteiger partial charge in [0.1, 0.15) is 10.6 Å². The van der Waals surface area contributed by atoms with Crippen molar-refractivity contribution in [2.75, 3.05) is 20.2 Å². The third kappa shape index (κ3) is 5.05. The Morgan fingerprint density at radius 3 is 2.62 bits per heavy atom. The van der Waals surface area contributed by atoms with E-state index in [1.165, 1.54) is 36.6 Å². The van der Waals surface area contributed by atoms with Gasteiger partial charge in [0.05, 0.1) is 23.4 Å². The minimum absolute atomic E-state index is 0.0557. The Morgan fingerprint density at radius 1 is 1.15 bits per heavy atom. The summed E-state index contributed by atoms with van der Waals surface area (Å²) in [5.74, 6) is 0.736. The standard InChI is InChI=1S/C27H35N3O3S/c1-20(2)27-26(19-28-30(27)4)34(31,32)23-15-13-22(14-16-23)33-18-8-17-29(3)25-12-7-10-21-9-5-6-11-24(21)25/h5-6,9,11,13-16,19-20,25H,7-8,10,12,17-18H2,1-4H3. The molecule has 1 aromatic heterocycles. The Bertz CT molecular complexity index is 1220. The SMILES string of the molecule is CC(C)c1c(S(=O)(=O)c2ccc(OCCCN(C)C3CCCc4ccccc43)cc2)cnn1C. The van der Waals surface area contributed by atoms with Crippen LogP contribution in [-0.2, 0) is 23.3 Å². The molecule has 0 bridgehead atoms. The van der Waals surface area contributed by atoms with Crippen LogP contribution >= 0.6 is 0 Å². The molecule has 0 N–H and O–H groups in total. The van der Waals surface area contributed by atoms with Crippen molar-refractivity contribution in [3.63, 3.8) is 0 Å². The molecule has 1 aliphatic rings. The zero-order chi connectivity index (χ0) is 24.3. The highest BCUT2D eigenvalue weighted by atomic mass is 32.2. The third-order valence-electron chi connectivity index (χ3n) is 6.71. The lowest BCUT2D eigenvalue weighted by molar-refractivity contribution is 0.199.